The summed E-state index contributed by atoms with van der Waals surface area (Å²) >= 11 is 0. The lowest BCUT2D eigenvalue weighted by molar-refractivity contribution is -0.0798. The van der Waals surface area contributed by atoms with Gasteiger partial charge in [-0.1, -0.05) is 66.7 Å². The number of carbonyl (C=O) groups is 1. The van der Waals surface area contributed by atoms with Crippen molar-refractivity contribution in [3.8, 4) is 0 Å². The summed E-state index contributed by atoms with van der Waals surface area (Å²) < 4.78 is 0. The molecule has 0 aliphatic heterocycles. The number of amides is 2. The highest BCUT2D eigenvalue weighted by Gasteiger charge is 2.61. The second-order valence-electron chi connectivity index (χ2n) is 13.0. The van der Waals surface area contributed by atoms with Gasteiger partial charge < -0.3 is 5.73 Å². The normalized spacial score (nSPS) is 43.4. The van der Waals surface area contributed by atoms with E-state index >= 15 is 0 Å². The predicted octanol–water partition coefficient (Wildman–Crippen LogP) is 7.13. The lowest BCUT2D eigenvalue weighted by Crippen LogP contribution is -2.56. The third-order valence-electron chi connectivity index (χ3n) is 10.9. The first-order valence-corrected chi connectivity index (χ1v) is 13.8. The first-order chi connectivity index (χ1) is 15.2. The van der Waals surface area contributed by atoms with Crippen LogP contribution >= 0.6 is 0 Å². The monoisotopic (exact) mass is 443 g/mol. The Labute approximate surface area is 196 Å². The van der Waals surface area contributed by atoms with Crippen LogP contribution in [0.25, 0.3) is 0 Å². The molecule has 4 heteroatoms. The topological polar surface area (TPSA) is 67.5 Å². The molecule has 0 aromatic carbocycles. The van der Waals surface area contributed by atoms with Gasteiger partial charge in [-0.25, -0.2) is 10.2 Å². The van der Waals surface area contributed by atoms with E-state index in [-0.39, 0.29) is 0 Å². The van der Waals surface area contributed by atoms with E-state index in [0.717, 1.165) is 41.9 Å². The second-order valence-corrected chi connectivity index (χ2v) is 13.0. The molecule has 4 aliphatic rings. The Hall–Kier alpha value is -1.06. The van der Waals surface area contributed by atoms with Gasteiger partial charge in [-0.2, -0.15) is 5.10 Å². The molecule has 32 heavy (non-hydrogen) atoms. The summed E-state index contributed by atoms with van der Waals surface area (Å²) in [5.41, 5.74) is 10.1. The van der Waals surface area contributed by atoms with Crippen molar-refractivity contribution in [2.75, 3.05) is 0 Å². The number of nitrogens with two attached hydrogens (primary N) is 1. The fourth-order valence-corrected chi connectivity index (χ4v) is 9.40. The molecule has 4 nitrogen and oxygen atoms in total. The number of primary amides is 1. The number of hydrogen-bond acceptors (Lipinski definition) is 2. The molecule has 0 unspecified atom stereocenters. The largest absolute Gasteiger partial charge is 0.350 e. The van der Waals surface area contributed by atoms with Gasteiger partial charge in [-0.05, 0) is 91.3 Å². The molecule has 182 valence electrons. The fourth-order valence-electron chi connectivity index (χ4n) is 9.40. The average Bonchev–Trinajstić information content (AvgIpc) is 3.08. The number of carbonyl (C=O) groups excluding carboxylic acids is 1. The van der Waals surface area contributed by atoms with Gasteiger partial charge in [0.25, 0.3) is 0 Å². The number of nitrogens with one attached hydrogen (secondary N) is 1. The van der Waals surface area contributed by atoms with Gasteiger partial charge in [0.1, 0.15) is 0 Å². The summed E-state index contributed by atoms with van der Waals surface area (Å²) in [7, 11) is 0. The lowest BCUT2D eigenvalue weighted by Gasteiger charge is -2.61. The maximum atomic E-state index is 11.4. The molecule has 3 N–H and O–H groups in total. The minimum Gasteiger partial charge on any atom is -0.350 e. The molecule has 4 saturated carbocycles. The van der Waals surface area contributed by atoms with E-state index in [1.54, 1.807) is 0 Å². The Kier molecular flexibility index (Phi) is 6.99. The Bertz CT molecular complexity index is 717. The Balaban J connectivity index is 1.56. The third kappa shape index (κ3) is 4.25. The molecule has 2 amide bonds. The summed E-state index contributed by atoms with van der Waals surface area (Å²) in [5.74, 6) is 5.44. The van der Waals surface area contributed by atoms with Crippen molar-refractivity contribution in [3.63, 3.8) is 0 Å². The molecule has 0 saturated heterocycles. The summed E-state index contributed by atoms with van der Waals surface area (Å²) in [5, 5.41) is 4.64. The van der Waals surface area contributed by atoms with Gasteiger partial charge >= 0.3 is 6.03 Å². The van der Waals surface area contributed by atoms with E-state index in [9.17, 15) is 4.79 Å². The highest BCUT2D eigenvalue weighted by atomic mass is 16.2. The molecule has 0 aromatic rings. The fraction of sp³-hybridized carbons (Fsp3) is 0.929. The summed E-state index contributed by atoms with van der Waals surface area (Å²) in [4.78, 5) is 11.4. The van der Waals surface area contributed by atoms with Crippen molar-refractivity contribution < 1.29 is 4.79 Å². The molecular weight excluding hydrogens is 394 g/mol. The van der Waals surface area contributed by atoms with Crippen LogP contribution in [0.4, 0.5) is 4.79 Å². The maximum Gasteiger partial charge on any atom is 0.332 e. The number of nitrogens with zero attached hydrogens (tertiary/aromatic N) is 1. The Morgan fingerprint density at radius 3 is 2.50 bits per heavy atom. The number of hydrogen-bond donors (Lipinski definition) is 2. The van der Waals surface area contributed by atoms with Crippen molar-refractivity contribution in [2.45, 2.75) is 112 Å². The zero-order chi connectivity index (χ0) is 23.1. The number of hydrazone groups is 1. The van der Waals surface area contributed by atoms with Crippen LogP contribution in [0.15, 0.2) is 5.10 Å². The van der Waals surface area contributed by atoms with Crippen LogP contribution in [0.1, 0.15) is 112 Å². The molecule has 0 aromatic heterocycles. The van der Waals surface area contributed by atoms with Gasteiger partial charge in [0.05, 0.1) is 0 Å². The van der Waals surface area contributed by atoms with Crippen molar-refractivity contribution >= 4 is 11.7 Å². The second kappa shape index (κ2) is 9.29. The van der Waals surface area contributed by atoms with Crippen LogP contribution in [0.2, 0.25) is 0 Å². The van der Waals surface area contributed by atoms with Crippen molar-refractivity contribution in [3.05, 3.63) is 0 Å². The van der Waals surface area contributed by atoms with E-state index in [1.165, 1.54) is 76.3 Å². The van der Waals surface area contributed by atoms with E-state index in [2.05, 4.69) is 45.1 Å². The average molecular weight is 444 g/mol. The summed E-state index contributed by atoms with van der Waals surface area (Å²) in [6.07, 6.45) is 16.1. The van der Waals surface area contributed by atoms with E-state index < -0.39 is 6.03 Å². The number of fused-ring (bicyclic) bond motifs is 5. The minimum absolute atomic E-state index is 0.349. The van der Waals surface area contributed by atoms with Crippen molar-refractivity contribution in [1.82, 2.24) is 5.43 Å². The van der Waals surface area contributed by atoms with Gasteiger partial charge in [0.15, 0.2) is 0 Å². The molecule has 0 spiro atoms. The molecular formula is C28H49N3O. The molecule has 0 heterocycles. The highest BCUT2D eigenvalue weighted by Crippen LogP contribution is 2.68. The zero-order valence-electron chi connectivity index (χ0n) is 21.5. The van der Waals surface area contributed by atoms with Crippen LogP contribution in [-0.2, 0) is 0 Å². The quantitative estimate of drug-likeness (QED) is 0.421. The van der Waals surface area contributed by atoms with E-state index in [4.69, 9.17) is 5.73 Å². The minimum atomic E-state index is -0.526. The predicted molar refractivity (Wildman–Crippen MR) is 133 cm³/mol. The first kappa shape index (κ1) is 24.1. The number of urea groups is 1. The van der Waals surface area contributed by atoms with Gasteiger partial charge in [-0.15, -0.1) is 0 Å². The van der Waals surface area contributed by atoms with Crippen LogP contribution in [0.5, 0.6) is 0 Å². The van der Waals surface area contributed by atoms with Crippen molar-refractivity contribution in [2.24, 2.45) is 63.1 Å². The van der Waals surface area contributed by atoms with Gasteiger partial charge in [-0.3, -0.25) is 0 Å². The van der Waals surface area contributed by atoms with E-state index in [0.29, 0.717) is 16.7 Å². The first-order valence-electron chi connectivity index (χ1n) is 13.8. The van der Waals surface area contributed by atoms with Crippen LogP contribution < -0.4 is 11.2 Å². The Morgan fingerprint density at radius 1 is 1.03 bits per heavy atom. The molecule has 0 bridgehead atoms. The lowest BCUT2D eigenvalue weighted by atomic mass is 9.44. The molecule has 0 radical (unpaired) electrons. The Morgan fingerprint density at radius 2 is 1.78 bits per heavy atom. The smallest absolute Gasteiger partial charge is 0.332 e. The SMILES string of the molecule is CC(C)CCC[C@@H](C)[C@H]1CC[C@H]2[C@@H]3C/C(=N\NC(N)=O)[C@H]4CCCC[C@]4(C)[C@H]3CC[C@]12C. The van der Waals surface area contributed by atoms with Crippen LogP contribution in [-0.4, -0.2) is 11.7 Å². The highest BCUT2D eigenvalue weighted by molar-refractivity contribution is 5.90. The molecule has 8 atom stereocenters. The third-order valence-corrected chi connectivity index (χ3v) is 10.9. The summed E-state index contributed by atoms with van der Waals surface area (Å²) in [6.45, 7) is 12.5. The molecule has 4 fully saturated rings. The van der Waals surface area contributed by atoms with Crippen molar-refractivity contribution in [1.29, 1.82) is 0 Å². The van der Waals surface area contributed by atoms with Gasteiger partial charge in [0.2, 0.25) is 0 Å². The molecule has 4 aliphatic carbocycles. The number of rotatable bonds is 6. The maximum absolute atomic E-state index is 11.4. The summed E-state index contributed by atoms with van der Waals surface area (Å²) in [6, 6.07) is -0.526. The van der Waals surface area contributed by atoms with Gasteiger partial charge in [0, 0.05) is 11.6 Å². The van der Waals surface area contributed by atoms with E-state index in [1.807, 2.05) is 0 Å². The zero-order valence-corrected chi connectivity index (χ0v) is 21.5. The van der Waals surface area contributed by atoms with Crippen LogP contribution in [0.3, 0.4) is 0 Å². The van der Waals surface area contributed by atoms with Crippen LogP contribution in [0, 0.1) is 52.3 Å². The standard InChI is InChI=1S/C28H49N3O/c1-18(2)9-8-10-19(3)21-12-13-22-20-17-25(30-31-26(29)32)24-11-6-7-15-27(24,4)23(20)14-16-28(21,22)5/h18-24H,6-17H2,1-5H3,(H3,29,31,32)/b30-25+/t19-,20+,21-,22+,23+,24-,27-,28-/m1/s1. The molecule has 4 rings (SSSR count).